The molecule has 2 N–H and O–H groups in total. The second kappa shape index (κ2) is 9.25. The highest BCUT2D eigenvalue weighted by molar-refractivity contribution is 7.90. The van der Waals surface area contributed by atoms with Gasteiger partial charge in [0.25, 0.3) is 0 Å². The van der Waals surface area contributed by atoms with E-state index in [2.05, 4.69) is 37.2 Å². The number of benzene rings is 2. The summed E-state index contributed by atoms with van der Waals surface area (Å²) in [5.41, 5.74) is 5.29. The summed E-state index contributed by atoms with van der Waals surface area (Å²) >= 11 is 0. The van der Waals surface area contributed by atoms with Crippen molar-refractivity contribution >= 4 is 38.0 Å². The Kier molecular flexibility index (Phi) is 5.90. The van der Waals surface area contributed by atoms with E-state index in [4.69, 9.17) is 4.98 Å². The van der Waals surface area contributed by atoms with Crippen LogP contribution in [0.4, 0.5) is 11.6 Å². The van der Waals surface area contributed by atoms with Crippen LogP contribution in [-0.2, 0) is 16.4 Å². The van der Waals surface area contributed by atoms with Gasteiger partial charge in [0, 0.05) is 43.7 Å². The van der Waals surface area contributed by atoms with Gasteiger partial charge in [0.05, 0.1) is 39.9 Å². The number of aromatic amines is 1. The topological polar surface area (TPSA) is 112 Å². The van der Waals surface area contributed by atoms with E-state index in [1.807, 2.05) is 30.3 Å². The van der Waals surface area contributed by atoms with Gasteiger partial charge in [-0.2, -0.15) is 0 Å². The lowest BCUT2D eigenvalue weighted by atomic mass is 10.2. The van der Waals surface area contributed by atoms with Crippen LogP contribution in [0.15, 0.2) is 65.7 Å². The Balaban J connectivity index is 1.23. The number of fused-ring (bicyclic) bond motifs is 2. The monoisotopic (exact) mass is 516 g/mol. The molecule has 190 valence electrons. The number of imidazole rings is 1. The van der Waals surface area contributed by atoms with Crippen LogP contribution < -0.4 is 5.32 Å². The number of anilines is 2. The van der Waals surface area contributed by atoms with E-state index in [-0.39, 0.29) is 4.90 Å². The zero-order chi connectivity index (χ0) is 25.6. The Morgan fingerprint density at radius 3 is 2.54 bits per heavy atom. The Labute approximate surface area is 214 Å². The summed E-state index contributed by atoms with van der Waals surface area (Å²) in [6, 6.07) is 16.7. The van der Waals surface area contributed by atoms with Crippen molar-refractivity contribution in [3.63, 3.8) is 0 Å². The summed E-state index contributed by atoms with van der Waals surface area (Å²) in [7, 11) is -1.09. The number of piperazine rings is 1. The first kappa shape index (κ1) is 23.6. The Morgan fingerprint density at radius 1 is 1.00 bits per heavy atom. The van der Waals surface area contributed by atoms with E-state index in [0.29, 0.717) is 5.95 Å². The van der Waals surface area contributed by atoms with Gasteiger partial charge in [0.2, 0.25) is 5.95 Å². The molecule has 10 nitrogen and oxygen atoms in total. The molecule has 2 aromatic carbocycles. The molecule has 1 saturated heterocycles. The van der Waals surface area contributed by atoms with Crippen LogP contribution in [0.5, 0.6) is 0 Å². The Bertz CT molecular complexity index is 1680. The molecule has 0 radical (unpaired) electrons. The lowest BCUT2D eigenvalue weighted by Gasteiger charge is -2.31. The van der Waals surface area contributed by atoms with E-state index in [1.54, 1.807) is 35.0 Å². The van der Waals surface area contributed by atoms with E-state index >= 15 is 0 Å². The smallest absolute Gasteiger partial charge is 0.245 e. The summed E-state index contributed by atoms with van der Waals surface area (Å²) in [4.78, 5) is 17.7. The maximum atomic E-state index is 11.8. The summed E-state index contributed by atoms with van der Waals surface area (Å²) < 4.78 is 25.4. The minimum Gasteiger partial charge on any atom is -0.341 e. The summed E-state index contributed by atoms with van der Waals surface area (Å²) in [6.45, 7) is 5.06. The highest BCUT2D eigenvalue weighted by Crippen LogP contribution is 2.25. The lowest BCUT2D eigenvalue weighted by molar-refractivity contribution is 0.146. The minimum atomic E-state index is -3.25. The summed E-state index contributed by atoms with van der Waals surface area (Å²) in [5, 5.41) is 7.98. The van der Waals surface area contributed by atoms with Crippen molar-refractivity contribution in [2.45, 2.75) is 11.4 Å². The van der Waals surface area contributed by atoms with Gasteiger partial charge in [-0.3, -0.25) is 4.90 Å². The van der Waals surface area contributed by atoms with Crippen molar-refractivity contribution in [1.82, 2.24) is 34.4 Å². The lowest BCUT2D eigenvalue weighted by Crippen LogP contribution is -2.44. The fourth-order valence-corrected chi connectivity index (χ4v) is 5.24. The van der Waals surface area contributed by atoms with Crippen molar-refractivity contribution in [1.29, 1.82) is 0 Å². The molecule has 1 aliphatic heterocycles. The Hall–Kier alpha value is -3.80. The van der Waals surface area contributed by atoms with Gasteiger partial charge in [-0.1, -0.05) is 12.1 Å². The molecule has 3 aromatic heterocycles. The highest BCUT2D eigenvalue weighted by atomic mass is 32.2. The van der Waals surface area contributed by atoms with Crippen molar-refractivity contribution in [2.24, 2.45) is 0 Å². The SMILES string of the molecule is CN1CCN(Cc2nc3ccc(Nc4ncc5ccc(-c6ccc(S(C)(=O)=O)cc6)n5n4)cc3[nH]2)CC1. The highest BCUT2D eigenvalue weighted by Gasteiger charge is 2.16. The third-order valence-corrected chi connectivity index (χ3v) is 7.86. The molecule has 5 aromatic rings. The maximum Gasteiger partial charge on any atom is 0.245 e. The zero-order valence-corrected chi connectivity index (χ0v) is 21.5. The van der Waals surface area contributed by atoms with Gasteiger partial charge < -0.3 is 15.2 Å². The van der Waals surface area contributed by atoms with E-state index in [0.717, 1.165) is 72.0 Å². The molecular formula is C26H28N8O2S. The number of hydrogen-bond donors (Lipinski definition) is 2. The second-order valence-electron chi connectivity index (χ2n) is 9.55. The number of hydrogen-bond acceptors (Lipinski definition) is 8. The van der Waals surface area contributed by atoms with Crippen molar-refractivity contribution in [3.05, 3.63) is 66.6 Å². The van der Waals surface area contributed by atoms with Gasteiger partial charge in [-0.05, 0) is 49.5 Å². The van der Waals surface area contributed by atoms with Crippen LogP contribution in [0.2, 0.25) is 0 Å². The molecule has 0 aliphatic carbocycles. The number of sulfone groups is 1. The van der Waals surface area contributed by atoms with Gasteiger partial charge in [0.15, 0.2) is 9.84 Å². The molecule has 11 heteroatoms. The van der Waals surface area contributed by atoms with Crippen molar-refractivity contribution in [3.8, 4) is 11.3 Å². The normalized spacial score (nSPS) is 15.5. The van der Waals surface area contributed by atoms with E-state index < -0.39 is 9.84 Å². The van der Waals surface area contributed by atoms with Crippen LogP contribution in [-0.4, -0.2) is 82.3 Å². The predicted molar refractivity (Wildman–Crippen MR) is 144 cm³/mol. The van der Waals surface area contributed by atoms with Crippen LogP contribution in [0.1, 0.15) is 5.82 Å². The van der Waals surface area contributed by atoms with E-state index in [9.17, 15) is 8.42 Å². The molecule has 37 heavy (non-hydrogen) atoms. The van der Waals surface area contributed by atoms with Gasteiger partial charge in [0.1, 0.15) is 5.82 Å². The minimum absolute atomic E-state index is 0.287. The number of nitrogens with one attached hydrogen (secondary N) is 2. The third-order valence-electron chi connectivity index (χ3n) is 6.73. The molecule has 1 aliphatic rings. The average Bonchev–Trinajstić information content (AvgIpc) is 3.48. The average molecular weight is 517 g/mol. The van der Waals surface area contributed by atoms with Crippen LogP contribution in [0.3, 0.4) is 0 Å². The van der Waals surface area contributed by atoms with Gasteiger partial charge in [-0.25, -0.2) is 22.9 Å². The van der Waals surface area contributed by atoms with Crippen molar-refractivity contribution in [2.75, 3.05) is 44.8 Å². The quantitative estimate of drug-likeness (QED) is 0.354. The number of aromatic nitrogens is 5. The molecule has 1 fully saturated rings. The fourth-order valence-electron chi connectivity index (χ4n) is 4.61. The molecule has 0 unspecified atom stereocenters. The zero-order valence-electron chi connectivity index (χ0n) is 20.7. The molecule has 4 heterocycles. The number of H-pyrrole nitrogens is 1. The molecule has 0 spiro atoms. The maximum absolute atomic E-state index is 11.8. The number of rotatable bonds is 6. The summed E-state index contributed by atoms with van der Waals surface area (Å²) in [6.07, 6.45) is 2.96. The van der Waals surface area contributed by atoms with Crippen LogP contribution >= 0.6 is 0 Å². The van der Waals surface area contributed by atoms with Gasteiger partial charge >= 0.3 is 0 Å². The van der Waals surface area contributed by atoms with Crippen molar-refractivity contribution < 1.29 is 8.42 Å². The number of likely N-dealkylation sites (N-methyl/N-ethyl adjacent to an activating group) is 1. The molecular weight excluding hydrogens is 488 g/mol. The van der Waals surface area contributed by atoms with Gasteiger partial charge in [-0.15, -0.1) is 5.10 Å². The molecule has 6 rings (SSSR count). The molecule has 0 amide bonds. The predicted octanol–water partition coefficient (Wildman–Crippen LogP) is 3.17. The van der Waals surface area contributed by atoms with Crippen LogP contribution in [0, 0.1) is 0 Å². The molecule has 0 bridgehead atoms. The fraction of sp³-hybridized carbons (Fsp3) is 0.269. The summed E-state index contributed by atoms with van der Waals surface area (Å²) in [5.74, 6) is 1.42. The first-order valence-electron chi connectivity index (χ1n) is 12.1. The Morgan fingerprint density at radius 2 is 1.78 bits per heavy atom. The molecule has 0 atom stereocenters. The largest absolute Gasteiger partial charge is 0.341 e. The second-order valence-corrected chi connectivity index (χ2v) is 11.6. The first-order chi connectivity index (χ1) is 17.8. The third kappa shape index (κ3) is 4.93. The van der Waals surface area contributed by atoms with Crippen LogP contribution in [0.25, 0.3) is 27.8 Å². The number of nitrogens with zero attached hydrogens (tertiary/aromatic N) is 6. The first-order valence-corrected chi connectivity index (χ1v) is 14.0. The molecule has 0 saturated carbocycles. The standard InChI is InChI=1S/C26H28N8O2S/c1-32-11-13-33(14-12-32)17-25-29-22-9-5-19(15-23(22)30-25)28-26-27-16-20-6-10-24(34(20)31-26)18-3-7-21(8-4-18)37(2,35)36/h3-10,15-16H,11-14,17H2,1-2H3,(H,28,31)(H,29,30). The van der Waals surface area contributed by atoms with E-state index in [1.165, 1.54) is 6.26 Å².